The van der Waals surface area contributed by atoms with Crippen LogP contribution in [0.2, 0.25) is 0 Å². The molecule has 16 heavy (non-hydrogen) atoms. The lowest BCUT2D eigenvalue weighted by atomic mass is 10.2. The number of rotatable bonds is 6. The smallest absolute Gasteiger partial charge is 0.324 e. The highest BCUT2D eigenvalue weighted by Crippen LogP contribution is 2.39. The second-order valence-electron chi connectivity index (χ2n) is 2.95. The van der Waals surface area contributed by atoms with E-state index in [9.17, 15) is 26.5 Å². The van der Waals surface area contributed by atoms with Crippen molar-refractivity contribution in [2.45, 2.75) is 18.5 Å². The van der Waals surface area contributed by atoms with Gasteiger partial charge < -0.3 is 9.79 Å². The Morgan fingerprint density at radius 3 is 1.94 bits per heavy atom. The molecule has 0 aromatic rings. The summed E-state index contributed by atoms with van der Waals surface area (Å²) in [7, 11) is -4.21. The Morgan fingerprint density at radius 2 is 1.56 bits per heavy atom. The van der Waals surface area contributed by atoms with Gasteiger partial charge in [0.1, 0.15) is 0 Å². The van der Waals surface area contributed by atoms with Gasteiger partial charge in [-0.15, -0.1) is 0 Å². The molecule has 0 aliphatic carbocycles. The predicted octanol–water partition coefficient (Wildman–Crippen LogP) is 2.49. The van der Waals surface area contributed by atoms with Gasteiger partial charge in [0, 0.05) is 12.2 Å². The van der Waals surface area contributed by atoms with Crippen molar-refractivity contribution in [2.75, 3.05) is 17.7 Å². The summed E-state index contributed by atoms with van der Waals surface area (Å²) in [5.41, 5.74) is 0. The summed E-state index contributed by atoms with van der Waals surface area (Å²) in [6, 6.07) is 0. The molecular weight excluding hydrogens is 278 g/mol. The topological polar surface area (TPSA) is 57.5 Å². The van der Waals surface area contributed by atoms with Gasteiger partial charge in [-0.3, -0.25) is 4.57 Å². The molecule has 0 saturated heterocycles. The SMILES string of the molecule is O=P(O)(O)CCSCCC(F)(F)C(F)(F)F. The minimum absolute atomic E-state index is 0.155. The van der Waals surface area contributed by atoms with Gasteiger partial charge in [-0.05, 0) is 5.75 Å². The maximum atomic E-state index is 12.3. The van der Waals surface area contributed by atoms with Crippen molar-refractivity contribution in [3.8, 4) is 0 Å². The van der Waals surface area contributed by atoms with Crippen molar-refractivity contribution >= 4 is 19.4 Å². The Morgan fingerprint density at radius 1 is 1.06 bits per heavy atom. The Balaban J connectivity index is 3.80. The van der Waals surface area contributed by atoms with E-state index in [-0.39, 0.29) is 5.75 Å². The van der Waals surface area contributed by atoms with Gasteiger partial charge in [0.15, 0.2) is 0 Å². The zero-order valence-corrected chi connectivity index (χ0v) is 9.59. The average Bonchev–Trinajstić information content (AvgIpc) is 1.98. The first-order valence-corrected chi connectivity index (χ1v) is 6.98. The number of thioether (sulfide) groups is 1. The maximum absolute atomic E-state index is 12.3. The van der Waals surface area contributed by atoms with Crippen LogP contribution in [0.25, 0.3) is 0 Å². The molecule has 0 aliphatic heterocycles. The molecule has 0 aliphatic rings. The molecule has 0 aromatic carbocycles. The Bertz CT molecular complexity index is 263. The van der Waals surface area contributed by atoms with E-state index in [1.165, 1.54) is 0 Å². The fourth-order valence-electron chi connectivity index (χ4n) is 0.628. The van der Waals surface area contributed by atoms with E-state index in [0.29, 0.717) is 11.8 Å². The Hall–Kier alpha value is 0.150. The molecule has 0 rings (SSSR count). The molecule has 0 amide bonds. The maximum Gasteiger partial charge on any atom is 0.453 e. The monoisotopic (exact) mass is 288 g/mol. The van der Waals surface area contributed by atoms with E-state index < -0.39 is 38.0 Å². The minimum atomic E-state index is -5.57. The lowest BCUT2D eigenvalue weighted by molar-refractivity contribution is -0.282. The van der Waals surface area contributed by atoms with Crippen molar-refractivity contribution in [2.24, 2.45) is 0 Å². The third kappa shape index (κ3) is 6.67. The molecule has 0 bridgehead atoms. The highest BCUT2D eigenvalue weighted by Gasteiger charge is 2.56. The molecule has 0 fully saturated rings. The van der Waals surface area contributed by atoms with Gasteiger partial charge in [-0.25, -0.2) is 0 Å². The van der Waals surface area contributed by atoms with Crippen molar-refractivity contribution in [3.05, 3.63) is 0 Å². The van der Waals surface area contributed by atoms with Crippen molar-refractivity contribution in [1.29, 1.82) is 0 Å². The van der Waals surface area contributed by atoms with Crippen LogP contribution in [0.1, 0.15) is 6.42 Å². The summed E-state index contributed by atoms with van der Waals surface area (Å²) in [6.45, 7) is 0. The highest BCUT2D eigenvalue weighted by molar-refractivity contribution is 7.99. The standard InChI is InChI=1S/C6H10F5O3PS/c7-5(8,6(9,10)11)1-3-16-4-2-15(12,13)14/h1-4H2,(H2,12,13,14). The summed E-state index contributed by atoms with van der Waals surface area (Å²) in [6.07, 6.45) is -7.49. The fourth-order valence-corrected chi connectivity index (χ4v) is 2.70. The molecule has 98 valence electrons. The second kappa shape index (κ2) is 5.66. The van der Waals surface area contributed by atoms with E-state index in [0.717, 1.165) is 0 Å². The first-order chi connectivity index (χ1) is 6.96. The molecule has 2 N–H and O–H groups in total. The molecule has 0 saturated carbocycles. The summed E-state index contributed by atoms with van der Waals surface area (Å²) in [4.78, 5) is 16.8. The zero-order valence-electron chi connectivity index (χ0n) is 7.88. The Labute approximate surface area is 92.6 Å². The summed E-state index contributed by atoms with van der Waals surface area (Å²) >= 11 is 0.651. The molecular formula is C6H10F5O3PS. The minimum Gasteiger partial charge on any atom is -0.324 e. The summed E-state index contributed by atoms with van der Waals surface area (Å²) in [5.74, 6) is -5.41. The first-order valence-electron chi connectivity index (χ1n) is 4.02. The predicted molar refractivity (Wildman–Crippen MR) is 49.9 cm³/mol. The van der Waals surface area contributed by atoms with Crippen LogP contribution in [0.15, 0.2) is 0 Å². The van der Waals surface area contributed by atoms with Gasteiger partial charge in [-0.1, -0.05) is 0 Å². The van der Waals surface area contributed by atoms with Gasteiger partial charge in [0.25, 0.3) is 0 Å². The van der Waals surface area contributed by atoms with Gasteiger partial charge in [-0.2, -0.15) is 33.7 Å². The van der Waals surface area contributed by atoms with Crippen molar-refractivity contribution in [3.63, 3.8) is 0 Å². The lowest BCUT2D eigenvalue weighted by Crippen LogP contribution is -2.36. The normalized spacial score (nSPS) is 14.2. The second-order valence-corrected chi connectivity index (χ2v) is 5.95. The van der Waals surface area contributed by atoms with Crippen LogP contribution in [0.3, 0.4) is 0 Å². The molecule has 0 radical (unpaired) electrons. The number of halogens is 5. The van der Waals surface area contributed by atoms with E-state index in [2.05, 4.69) is 0 Å². The molecule has 10 heteroatoms. The van der Waals surface area contributed by atoms with Crippen molar-refractivity contribution in [1.82, 2.24) is 0 Å². The first kappa shape index (κ1) is 16.1. The van der Waals surface area contributed by atoms with E-state index in [1.807, 2.05) is 0 Å². The van der Waals surface area contributed by atoms with Crippen molar-refractivity contribution < 1.29 is 36.3 Å². The number of hydrogen-bond acceptors (Lipinski definition) is 2. The molecule has 0 heterocycles. The average molecular weight is 288 g/mol. The van der Waals surface area contributed by atoms with Crippen LogP contribution in [0.5, 0.6) is 0 Å². The van der Waals surface area contributed by atoms with E-state index in [1.54, 1.807) is 0 Å². The number of hydrogen-bond donors (Lipinski definition) is 2. The summed E-state index contributed by atoms with van der Waals surface area (Å²) in [5, 5.41) is 0. The van der Waals surface area contributed by atoms with E-state index in [4.69, 9.17) is 9.79 Å². The fraction of sp³-hybridized carbons (Fsp3) is 1.00. The largest absolute Gasteiger partial charge is 0.453 e. The Kier molecular flexibility index (Phi) is 5.71. The third-order valence-electron chi connectivity index (χ3n) is 1.50. The van der Waals surface area contributed by atoms with Crippen LogP contribution in [0.4, 0.5) is 22.0 Å². The van der Waals surface area contributed by atoms with E-state index >= 15 is 0 Å². The van der Waals surface area contributed by atoms with Crippen LogP contribution in [-0.4, -0.2) is 39.6 Å². The quantitative estimate of drug-likeness (QED) is 0.448. The molecule has 0 atom stereocenters. The molecule has 0 unspecified atom stereocenters. The van der Waals surface area contributed by atoms with Gasteiger partial charge in [0.05, 0.1) is 6.16 Å². The zero-order chi connectivity index (χ0) is 13.0. The molecule has 3 nitrogen and oxygen atoms in total. The molecule has 0 aromatic heterocycles. The number of alkyl halides is 5. The van der Waals surface area contributed by atoms with Crippen LogP contribution in [0, 0.1) is 0 Å². The third-order valence-corrected chi connectivity index (χ3v) is 3.60. The van der Waals surface area contributed by atoms with Crippen LogP contribution in [-0.2, 0) is 4.57 Å². The van der Waals surface area contributed by atoms with Gasteiger partial charge >= 0.3 is 19.7 Å². The highest BCUT2D eigenvalue weighted by atomic mass is 32.2. The lowest BCUT2D eigenvalue weighted by Gasteiger charge is -2.18. The summed E-state index contributed by atoms with van der Waals surface area (Å²) < 4.78 is 69.8. The van der Waals surface area contributed by atoms with Crippen LogP contribution >= 0.6 is 19.4 Å². The van der Waals surface area contributed by atoms with Gasteiger partial charge in [0.2, 0.25) is 0 Å². The van der Waals surface area contributed by atoms with Crippen LogP contribution < -0.4 is 0 Å². The molecule has 0 spiro atoms.